The Bertz CT molecular complexity index is 537. The second-order valence-corrected chi connectivity index (χ2v) is 4.21. The first-order valence-corrected chi connectivity index (χ1v) is 6.50. The van der Waals surface area contributed by atoms with Gasteiger partial charge >= 0.3 is 0 Å². The predicted octanol–water partition coefficient (Wildman–Crippen LogP) is 3.25. The van der Waals surface area contributed by atoms with Crippen molar-refractivity contribution in [2.75, 3.05) is 13.2 Å². The lowest BCUT2D eigenvalue weighted by atomic mass is 10.1. The van der Waals surface area contributed by atoms with Gasteiger partial charge in [-0.3, -0.25) is 0 Å². The van der Waals surface area contributed by atoms with E-state index in [0.717, 1.165) is 16.9 Å². The molecule has 2 aromatic carbocycles. The first-order valence-electron chi connectivity index (χ1n) is 6.50. The van der Waals surface area contributed by atoms with Crippen LogP contribution in [0.25, 0.3) is 11.1 Å². The lowest BCUT2D eigenvalue weighted by Gasteiger charge is -2.12. The lowest BCUT2D eigenvalue weighted by Crippen LogP contribution is -2.14. The molecular weight excluding hydrogens is 252 g/mol. The fraction of sp³-hybridized carbons (Fsp3) is 0.176. The highest BCUT2D eigenvalue weighted by molar-refractivity contribution is 5.70. The van der Waals surface area contributed by atoms with Crippen molar-refractivity contribution in [1.29, 1.82) is 0 Å². The van der Waals surface area contributed by atoms with Crippen molar-refractivity contribution < 1.29 is 14.6 Å². The van der Waals surface area contributed by atoms with Gasteiger partial charge in [0.25, 0.3) is 0 Å². The molecule has 2 aromatic rings. The molecule has 0 fully saturated rings. The zero-order chi connectivity index (χ0) is 14.2. The summed E-state index contributed by atoms with van der Waals surface area (Å²) in [4.78, 5) is 0. The van der Waals surface area contributed by atoms with Gasteiger partial charge in [-0.25, -0.2) is 0 Å². The summed E-state index contributed by atoms with van der Waals surface area (Å²) in [6.45, 7) is 4.11. The molecule has 104 valence electrons. The second kappa shape index (κ2) is 7.48. The Balaban J connectivity index is 2.00. The van der Waals surface area contributed by atoms with Crippen LogP contribution in [-0.4, -0.2) is 24.6 Å². The fourth-order valence-electron chi connectivity index (χ4n) is 1.84. The Kier molecular flexibility index (Phi) is 5.35. The molecule has 0 aromatic heterocycles. The summed E-state index contributed by atoms with van der Waals surface area (Å²) in [7, 11) is 0. The van der Waals surface area contributed by atoms with E-state index in [1.807, 2.05) is 54.6 Å². The van der Waals surface area contributed by atoms with Crippen LogP contribution in [0.3, 0.4) is 0 Å². The number of para-hydroxylation sites is 1. The molecule has 0 bridgehead atoms. The van der Waals surface area contributed by atoms with Gasteiger partial charge in [-0.05, 0) is 17.7 Å². The van der Waals surface area contributed by atoms with Crippen LogP contribution in [0.5, 0.6) is 5.75 Å². The SMILES string of the molecule is C=CC(O)OCCOc1ccccc1-c1ccccc1. The van der Waals surface area contributed by atoms with Gasteiger partial charge in [-0.2, -0.15) is 0 Å². The summed E-state index contributed by atoms with van der Waals surface area (Å²) in [6.07, 6.45) is 0.390. The monoisotopic (exact) mass is 270 g/mol. The topological polar surface area (TPSA) is 38.7 Å². The number of benzene rings is 2. The third-order valence-electron chi connectivity index (χ3n) is 2.80. The summed E-state index contributed by atoms with van der Waals surface area (Å²) in [6, 6.07) is 17.9. The molecule has 0 heterocycles. The molecule has 0 radical (unpaired) electrons. The molecule has 0 spiro atoms. The van der Waals surface area contributed by atoms with Crippen LogP contribution in [0.2, 0.25) is 0 Å². The first-order chi connectivity index (χ1) is 9.81. The van der Waals surface area contributed by atoms with Gasteiger partial charge in [-0.1, -0.05) is 55.1 Å². The van der Waals surface area contributed by atoms with Gasteiger partial charge in [0.15, 0.2) is 6.29 Å². The van der Waals surface area contributed by atoms with E-state index in [0.29, 0.717) is 13.2 Å². The number of hydrogen-bond donors (Lipinski definition) is 1. The minimum Gasteiger partial charge on any atom is -0.491 e. The molecular formula is C17H18O3. The zero-order valence-electron chi connectivity index (χ0n) is 11.2. The minimum absolute atomic E-state index is 0.302. The summed E-state index contributed by atoms with van der Waals surface area (Å²) in [5.74, 6) is 0.801. The maximum atomic E-state index is 9.19. The van der Waals surface area contributed by atoms with E-state index in [2.05, 4.69) is 6.58 Å². The first kappa shape index (κ1) is 14.3. The van der Waals surface area contributed by atoms with E-state index in [9.17, 15) is 5.11 Å². The van der Waals surface area contributed by atoms with Crippen LogP contribution < -0.4 is 4.74 Å². The van der Waals surface area contributed by atoms with Gasteiger partial charge in [0, 0.05) is 5.56 Å². The normalized spacial score (nSPS) is 11.8. The number of hydrogen-bond acceptors (Lipinski definition) is 3. The van der Waals surface area contributed by atoms with Gasteiger partial charge in [-0.15, -0.1) is 0 Å². The lowest BCUT2D eigenvalue weighted by molar-refractivity contribution is -0.0711. The zero-order valence-corrected chi connectivity index (χ0v) is 11.2. The highest BCUT2D eigenvalue weighted by Crippen LogP contribution is 2.29. The van der Waals surface area contributed by atoms with Crippen molar-refractivity contribution in [3.8, 4) is 16.9 Å². The summed E-state index contributed by atoms with van der Waals surface area (Å²) >= 11 is 0. The van der Waals surface area contributed by atoms with Gasteiger partial charge in [0.1, 0.15) is 12.4 Å². The van der Waals surface area contributed by atoms with Crippen molar-refractivity contribution in [3.63, 3.8) is 0 Å². The highest BCUT2D eigenvalue weighted by atomic mass is 16.6. The molecule has 0 aliphatic carbocycles. The molecule has 0 saturated carbocycles. The fourth-order valence-corrected chi connectivity index (χ4v) is 1.84. The van der Waals surface area contributed by atoms with Gasteiger partial charge in [0.2, 0.25) is 0 Å². The molecule has 20 heavy (non-hydrogen) atoms. The standard InChI is InChI=1S/C17H18O3/c1-2-17(18)20-13-12-19-16-11-7-6-10-15(16)14-8-4-3-5-9-14/h2-11,17-18H,1,12-13H2. The van der Waals surface area contributed by atoms with E-state index in [-0.39, 0.29) is 0 Å². The van der Waals surface area contributed by atoms with Crippen molar-refractivity contribution in [2.24, 2.45) is 0 Å². The average molecular weight is 270 g/mol. The third kappa shape index (κ3) is 3.95. The molecule has 1 unspecified atom stereocenters. The van der Waals surface area contributed by atoms with E-state index < -0.39 is 6.29 Å². The Morgan fingerprint density at radius 2 is 1.70 bits per heavy atom. The van der Waals surface area contributed by atoms with Crippen LogP contribution in [-0.2, 0) is 4.74 Å². The maximum Gasteiger partial charge on any atom is 0.173 e. The van der Waals surface area contributed by atoms with Crippen LogP contribution in [0.1, 0.15) is 0 Å². The van der Waals surface area contributed by atoms with E-state index in [1.54, 1.807) is 0 Å². The summed E-state index contributed by atoms with van der Waals surface area (Å²) < 4.78 is 10.8. The molecule has 0 aliphatic rings. The predicted molar refractivity (Wildman–Crippen MR) is 79.5 cm³/mol. The number of aliphatic hydroxyl groups is 1. The van der Waals surface area contributed by atoms with Crippen LogP contribution in [0.15, 0.2) is 67.3 Å². The molecule has 1 N–H and O–H groups in total. The number of rotatable bonds is 7. The molecule has 0 saturated heterocycles. The summed E-state index contributed by atoms with van der Waals surface area (Å²) in [5, 5.41) is 9.19. The number of aliphatic hydroxyl groups excluding tert-OH is 1. The third-order valence-corrected chi connectivity index (χ3v) is 2.80. The highest BCUT2D eigenvalue weighted by Gasteiger charge is 2.05. The Labute approximate surface area is 119 Å². The minimum atomic E-state index is -0.942. The average Bonchev–Trinajstić information content (AvgIpc) is 2.52. The van der Waals surface area contributed by atoms with Crippen molar-refractivity contribution in [2.45, 2.75) is 6.29 Å². The van der Waals surface area contributed by atoms with E-state index in [4.69, 9.17) is 9.47 Å². The van der Waals surface area contributed by atoms with Gasteiger partial charge in [0.05, 0.1) is 6.61 Å². The Hall–Kier alpha value is -2.10. The summed E-state index contributed by atoms with van der Waals surface area (Å²) in [5.41, 5.74) is 2.15. The quantitative estimate of drug-likeness (QED) is 0.477. The second-order valence-electron chi connectivity index (χ2n) is 4.21. The van der Waals surface area contributed by atoms with Crippen molar-refractivity contribution in [1.82, 2.24) is 0 Å². The smallest absolute Gasteiger partial charge is 0.173 e. The molecule has 2 rings (SSSR count). The largest absolute Gasteiger partial charge is 0.491 e. The molecule has 0 aliphatic heterocycles. The van der Waals surface area contributed by atoms with Crippen LogP contribution >= 0.6 is 0 Å². The molecule has 0 amide bonds. The molecule has 3 nitrogen and oxygen atoms in total. The van der Waals surface area contributed by atoms with Crippen molar-refractivity contribution >= 4 is 0 Å². The Morgan fingerprint density at radius 1 is 1.00 bits per heavy atom. The van der Waals surface area contributed by atoms with Crippen LogP contribution in [0.4, 0.5) is 0 Å². The number of ether oxygens (including phenoxy) is 2. The maximum absolute atomic E-state index is 9.19. The van der Waals surface area contributed by atoms with E-state index in [1.165, 1.54) is 6.08 Å². The molecule has 3 heteroatoms. The van der Waals surface area contributed by atoms with Crippen LogP contribution in [0, 0.1) is 0 Å². The van der Waals surface area contributed by atoms with Gasteiger partial charge < -0.3 is 14.6 Å². The van der Waals surface area contributed by atoms with Crippen molar-refractivity contribution in [3.05, 3.63) is 67.3 Å². The Morgan fingerprint density at radius 3 is 2.45 bits per heavy atom. The molecule has 1 atom stereocenters. The van der Waals surface area contributed by atoms with E-state index >= 15 is 0 Å².